The van der Waals surface area contributed by atoms with Gasteiger partial charge in [0.05, 0.1) is 6.42 Å². The van der Waals surface area contributed by atoms with Crippen LogP contribution < -0.4 is 0 Å². The molecule has 1 saturated carbocycles. The van der Waals surface area contributed by atoms with Gasteiger partial charge in [-0.05, 0) is 37.8 Å². The second-order valence-corrected chi connectivity index (χ2v) is 5.15. The van der Waals surface area contributed by atoms with Crippen molar-refractivity contribution in [1.82, 2.24) is 4.90 Å². The molecule has 98 valence electrons. The van der Waals surface area contributed by atoms with Gasteiger partial charge >= 0.3 is 5.97 Å². The predicted octanol–water partition coefficient (Wildman–Crippen LogP) is 3.00. The first-order valence-electron chi connectivity index (χ1n) is 6.62. The number of carbonyl (C=O) groups is 1. The van der Waals surface area contributed by atoms with Gasteiger partial charge in [-0.3, -0.25) is 9.69 Å². The second-order valence-electron chi connectivity index (χ2n) is 5.15. The van der Waals surface area contributed by atoms with E-state index >= 15 is 0 Å². The van der Waals surface area contributed by atoms with Gasteiger partial charge in [-0.25, -0.2) is 0 Å². The third-order valence-corrected chi connectivity index (χ3v) is 3.74. The summed E-state index contributed by atoms with van der Waals surface area (Å²) in [6, 6.07) is 9.26. The molecule has 2 rings (SSSR count). The van der Waals surface area contributed by atoms with E-state index in [1.54, 1.807) is 0 Å². The normalized spacial score (nSPS) is 16.8. The van der Waals surface area contributed by atoms with Crippen molar-refractivity contribution in [1.29, 1.82) is 0 Å². The molecule has 0 radical (unpaired) electrons. The number of hydrogen-bond acceptors (Lipinski definition) is 2. The Bertz CT molecular complexity index is 426. The summed E-state index contributed by atoms with van der Waals surface area (Å²) >= 11 is 0. The van der Waals surface area contributed by atoms with Crippen molar-refractivity contribution in [2.24, 2.45) is 0 Å². The molecule has 1 aromatic carbocycles. The summed E-state index contributed by atoms with van der Waals surface area (Å²) in [5, 5.41) is 8.84. The van der Waals surface area contributed by atoms with Crippen molar-refractivity contribution in [3.05, 3.63) is 35.4 Å². The Morgan fingerprint density at radius 3 is 2.67 bits per heavy atom. The zero-order chi connectivity index (χ0) is 13.1. The van der Waals surface area contributed by atoms with Crippen LogP contribution in [0.25, 0.3) is 0 Å². The van der Waals surface area contributed by atoms with Crippen molar-refractivity contribution in [2.45, 2.75) is 45.2 Å². The van der Waals surface area contributed by atoms with Crippen molar-refractivity contribution < 1.29 is 9.90 Å². The summed E-state index contributed by atoms with van der Waals surface area (Å²) in [5.41, 5.74) is 2.60. The fourth-order valence-electron chi connectivity index (χ4n) is 2.56. The summed E-state index contributed by atoms with van der Waals surface area (Å²) < 4.78 is 0. The molecule has 3 nitrogen and oxygen atoms in total. The molecule has 0 amide bonds. The molecular formula is C15H21NO2. The molecule has 0 spiro atoms. The highest BCUT2D eigenvalue weighted by atomic mass is 16.4. The molecule has 0 aliphatic heterocycles. The molecule has 3 heteroatoms. The minimum atomic E-state index is -0.711. The SMILES string of the molecule is Cc1ccccc1C(C)N(CCC(=O)O)C1CC1. The van der Waals surface area contributed by atoms with Crippen LogP contribution in [0.5, 0.6) is 0 Å². The van der Waals surface area contributed by atoms with Gasteiger partial charge in [0.25, 0.3) is 0 Å². The van der Waals surface area contributed by atoms with E-state index in [4.69, 9.17) is 5.11 Å². The van der Waals surface area contributed by atoms with E-state index in [2.05, 4.69) is 36.9 Å². The largest absolute Gasteiger partial charge is 0.481 e. The van der Waals surface area contributed by atoms with Crippen molar-refractivity contribution >= 4 is 5.97 Å². The molecule has 1 fully saturated rings. The first-order chi connectivity index (χ1) is 8.59. The van der Waals surface area contributed by atoms with Crippen LogP contribution in [-0.2, 0) is 4.79 Å². The third-order valence-electron chi connectivity index (χ3n) is 3.74. The summed E-state index contributed by atoms with van der Waals surface area (Å²) in [5.74, 6) is -0.711. The van der Waals surface area contributed by atoms with Crippen LogP contribution in [0.4, 0.5) is 0 Å². The van der Waals surface area contributed by atoms with Gasteiger partial charge in [0.2, 0.25) is 0 Å². The standard InChI is InChI=1S/C15H21NO2/c1-11-5-3-4-6-14(11)12(2)16(13-7-8-13)10-9-15(17)18/h3-6,12-13H,7-10H2,1-2H3,(H,17,18). The number of carboxylic acids is 1. The lowest BCUT2D eigenvalue weighted by molar-refractivity contribution is -0.137. The molecule has 1 aliphatic rings. The average molecular weight is 247 g/mol. The first-order valence-corrected chi connectivity index (χ1v) is 6.62. The van der Waals surface area contributed by atoms with Gasteiger partial charge in [0.15, 0.2) is 0 Å². The van der Waals surface area contributed by atoms with Crippen LogP contribution in [0.15, 0.2) is 24.3 Å². The Morgan fingerprint density at radius 2 is 2.11 bits per heavy atom. The molecule has 1 unspecified atom stereocenters. The minimum absolute atomic E-state index is 0.229. The number of benzene rings is 1. The number of nitrogens with zero attached hydrogens (tertiary/aromatic N) is 1. The molecule has 0 aromatic heterocycles. The van der Waals surface area contributed by atoms with E-state index in [-0.39, 0.29) is 6.42 Å². The molecule has 18 heavy (non-hydrogen) atoms. The molecule has 0 heterocycles. The fraction of sp³-hybridized carbons (Fsp3) is 0.533. The van der Waals surface area contributed by atoms with E-state index in [1.165, 1.54) is 24.0 Å². The van der Waals surface area contributed by atoms with Crippen LogP contribution in [-0.4, -0.2) is 28.6 Å². The molecule has 1 atom stereocenters. The van der Waals surface area contributed by atoms with Gasteiger partial charge in [-0.15, -0.1) is 0 Å². The highest BCUT2D eigenvalue weighted by Crippen LogP contribution is 2.35. The van der Waals surface area contributed by atoms with Crippen molar-refractivity contribution in [3.8, 4) is 0 Å². The van der Waals surface area contributed by atoms with Crippen LogP contribution in [0, 0.1) is 6.92 Å². The van der Waals surface area contributed by atoms with E-state index < -0.39 is 5.97 Å². The maximum atomic E-state index is 10.7. The Hall–Kier alpha value is -1.35. The minimum Gasteiger partial charge on any atom is -0.481 e. The average Bonchev–Trinajstić information content (AvgIpc) is 3.13. The van der Waals surface area contributed by atoms with E-state index in [0.29, 0.717) is 18.6 Å². The van der Waals surface area contributed by atoms with Gasteiger partial charge < -0.3 is 5.11 Å². The number of carboxylic acid groups (broad SMARTS) is 1. The molecule has 1 aromatic rings. The van der Waals surface area contributed by atoms with Crippen LogP contribution >= 0.6 is 0 Å². The Labute approximate surface area is 108 Å². The summed E-state index contributed by atoms with van der Waals surface area (Å²) in [4.78, 5) is 13.1. The van der Waals surface area contributed by atoms with E-state index in [0.717, 1.165) is 0 Å². The highest BCUT2D eigenvalue weighted by molar-refractivity contribution is 5.66. The maximum Gasteiger partial charge on any atom is 0.304 e. The summed E-state index contributed by atoms with van der Waals surface area (Å²) in [6.45, 7) is 4.95. The van der Waals surface area contributed by atoms with Gasteiger partial charge in [0.1, 0.15) is 0 Å². The lowest BCUT2D eigenvalue weighted by atomic mass is 10.0. The number of aryl methyl sites for hydroxylation is 1. The van der Waals surface area contributed by atoms with Crippen molar-refractivity contribution in [2.75, 3.05) is 6.54 Å². The second kappa shape index (κ2) is 5.53. The molecule has 1 aliphatic carbocycles. The smallest absolute Gasteiger partial charge is 0.304 e. The van der Waals surface area contributed by atoms with Crippen LogP contribution in [0.2, 0.25) is 0 Å². The Balaban J connectivity index is 2.10. The molecule has 1 N–H and O–H groups in total. The van der Waals surface area contributed by atoms with E-state index in [9.17, 15) is 4.79 Å². The van der Waals surface area contributed by atoms with Crippen molar-refractivity contribution in [3.63, 3.8) is 0 Å². The van der Waals surface area contributed by atoms with E-state index in [1.807, 2.05) is 6.07 Å². The number of rotatable bonds is 6. The monoisotopic (exact) mass is 247 g/mol. The molecule has 0 bridgehead atoms. The number of aliphatic carboxylic acids is 1. The van der Waals surface area contributed by atoms with Gasteiger partial charge in [-0.1, -0.05) is 24.3 Å². The predicted molar refractivity (Wildman–Crippen MR) is 71.6 cm³/mol. The van der Waals surface area contributed by atoms with Crippen LogP contribution in [0.3, 0.4) is 0 Å². The Morgan fingerprint density at radius 1 is 1.44 bits per heavy atom. The fourth-order valence-corrected chi connectivity index (χ4v) is 2.56. The highest BCUT2D eigenvalue weighted by Gasteiger charge is 2.33. The third kappa shape index (κ3) is 3.10. The number of hydrogen-bond donors (Lipinski definition) is 1. The molecular weight excluding hydrogens is 226 g/mol. The summed E-state index contributed by atoms with van der Waals surface area (Å²) in [6.07, 6.45) is 2.64. The van der Waals surface area contributed by atoms with Gasteiger partial charge in [0, 0.05) is 18.6 Å². The lowest BCUT2D eigenvalue weighted by Crippen LogP contribution is -2.31. The maximum absolute atomic E-state index is 10.7. The van der Waals surface area contributed by atoms with Crippen LogP contribution in [0.1, 0.15) is 43.4 Å². The lowest BCUT2D eigenvalue weighted by Gasteiger charge is -2.30. The zero-order valence-electron chi connectivity index (χ0n) is 11.1. The topological polar surface area (TPSA) is 40.5 Å². The Kier molecular flexibility index (Phi) is 4.02. The quantitative estimate of drug-likeness (QED) is 0.840. The summed E-state index contributed by atoms with van der Waals surface area (Å²) in [7, 11) is 0. The first kappa shape index (κ1) is 13.1. The molecule has 0 saturated heterocycles. The zero-order valence-corrected chi connectivity index (χ0v) is 11.1. The van der Waals surface area contributed by atoms with Gasteiger partial charge in [-0.2, -0.15) is 0 Å².